The molecule has 8 amide bonds. The van der Waals surface area contributed by atoms with Gasteiger partial charge in [-0.25, -0.2) is 14.2 Å². The number of cyclic esters (lactones) is 1. The van der Waals surface area contributed by atoms with Gasteiger partial charge in [0.25, 0.3) is 17.4 Å². The van der Waals surface area contributed by atoms with Gasteiger partial charge >= 0.3 is 5.97 Å². The Morgan fingerprint density at radius 2 is 1.59 bits per heavy atom. The summed E-state index contributed by atoms with van der Waals surface area (Å²) in [7, 11) is 0. The Kier molecular flexibility index (Phi) is 15.0. The van der Waals surface area contributed by atoms with Gasteiger partial charge in [0.15, 0.2) is 5.60 Å². The van der Waals surface area contributed by atoms with E-state index in [9.17, 15) is 53.1 Å². The molecule has 69 heavy (non-hydrogen) atoms. The first-order valence-electron chi connectivity index (χ1n) is 22.5. The Morgan fingerprint density at radius 1 is 0.899 bits per heavy atom. The van der Waals surface area contributed by atoms with Crippen LogP contribution in [0.2, 0.25) is 0 Å². The lowest BCUT2D eigenvalue weighted by Crippen LogP contribution is -2.50. The maximum Gasteiger partial charge on any atom is 0.343 e. The number of imide groups is 1. The molecule has 3 aliphatic heterocycles. The number of carbonyl (C=O) groups excluding carboxylic acids is 9. The van der Waals surface area contributed by atoms with Gasteiger partial charge in [0.1, 0.15) is 31.8 Å². The number of benzene rings is 1. The summed E-state index contributed by atoms with van der Waals surface area (Å²) in [6.07, 6.45) is 4.83. The number of halogens is 1. The second-order valence-corrected chi connectivity index (χ2v) is 17.1. The monoisotopic (exact) mass is 957 g/mol. The molecule has 0 fully saturated rings. The van der Waals surface area contributed by atoms with E-state index in [2.05, 4.69) is 31.9 Å². The summed E-state index contributed by atoms with van der Waals surface area (Å²) in [6.45, 7) is 2.35. The van der Waals surface area contributed by atoms with E-state index < -0.39 is 96.9 Å². The van der Waals surface area contributed by atoms with Crippen molar-refractivity contribution in [2.24, 2.45) is 0 Å². The van der Waals surface area contributed by atoms with Crippen LogP contribution in [0.1, 0.15) is 91.8 Å². The third-order valence-corrected chi connectivity index (χ3v) is 12.6. The van der Waals surface area contributed by atoms with Gasteiger partial charge in [-0.05, 0) is 68.7 Å². The lowest BCUT2D eigenvalue weighted by atomic mass is 9.81. The van der Waals surface area contributed by atoms with Gasteiger partial charge in [-0.15, -0.1) is 0 Å². The number of hydrogen-bond acceptors (Lipinski definition) is 14. The fourth-order valence-electron chi connectivity index (χ4n) is 8.84. The number of aryl methyl sites for hydroxylation is 1. The zero-order chi connectivity index (χ0) is 49.7. The van der Waals surface area contributed by atoms with Crippen LogP contribution < -0.4 is 37.5 Å². The molecular weight excluding hydrogens is 906 g/mol. The molecule has 4 aliphatic rings. The number of rotatable bonds is 20. The van der Waals surface area contributed by atoms with Crippen LogP contribution in [0.5, 0.6) is 0 Å². The van der Waals surface area contributed by atoms with Gasteiger partial charge < -0.3 is 51.0 Å². The minimum atomic E-state index is -2.05. The van der Waals surface area contributed by atoms with Crippen molar-refractivity contribution in [3.05, 3.63) is 73.8 Å². The summed E-state index contributed by atoms with van der Waals surface area (Å²) in [4.78, 5) is 130. The number of nitrogens with one attached hydrogen (secondary N) is 6. The molecule has 5 heterocycles. The zero-order valence-corrected chi connectivity index (χ0v) is 38.1. The number of ether oxygens (including phenoxy) is 2. The molecule has 3 atom stereocenters. The molecule has 1 aliphatic carbocycles. The Labute approximate surface area is 393 Å². The van der Waals surface area contributed by atoms with E-state index in [1.165, 1.54) is 29.7 Å². The molecule has 7 N–H and O–H groups in total. The SMILES string of the molecule is CC[C@@]1(O)C(=O)OCc2c1cc1n(c2=O)Cc2c-1nc1cc(F)c(C)c3c1c2[C@@H](NC(=O)COCNC(=O)CNC(=O)[C@H](C)NC(=O)CNC(=O)CNC(=O)CCCCCN1C(=O)C=CC1=O)CC3. The highest BCUT2D eigenvalue weighted by molar-refractivity contribution is 6.12. The molecule has 0 bridgehead atoms. The van der Waals surface area contributed by atoms with Gasteiger partial charge in [0.2, 0.25) is 35.4 Å². The van der Waals surface area contributed by atoms with E-state index in [1.54, 1.807) is 19.9 Å². The topological polar surface area (TPSA) is 303 Å². The smallest absolute Gasteiger partial charge is 0.343 e. The molecule has 3 aromatic rings. The predicted octanol–water partition coefficient (Wildman–Crippen LogP) is -0.940. The summed E-state index contributed by atoms with van der Waals surface area (Å²) >= 11 is 0. The highest BCUT2D eigenvalue weighted by Crippen LogP contribution is 2.46. The lowest BCUT2D eigenvalue weighted by molar-refractivity contribution is -0.172. The van der Waals surface area contributed by atoms with Crippen LogP contribution in [0.3, 0.4) is 0 Å². The molecule has 23 heteroatoms. The zero-order valence-electron chi connectivity index (χ0n) is 38.1. The molecule has 22 nitrogen and oxygen atoms in total. The number of aliphatic hydroxyl groups is 1. The number of unbranched alkanes of at least 4 members (excludes halogenated alkanes) is 2. The van der Waals surface area contributed by atoms with Gasteiger partial charge in [-0.3, -0.25) is 48.1 Å². The van der Waals surface area contributed by atoms with Crippen LogP contribution in [0, 0.1) is 12.7 Å². The van der Waals surface area contributed by atoms with Crippen molar-refractivity contribution in [1.29, 1.82) is 0 Å². The van der Waals surface area contributed by atoms with E-state index in [4.69, 9.17) is 14.5 Å². The number of amides is 8. The van der Waals surface area contributed by atoms with Crippen LogP contribution in [0.15, 0.2) is 29.1 Å². The van der Waals surface area contributed by atoms with Crippen molar-refractivity contribution in [3.63, 3.8) is 0 Å². The molecule has 0 spiro atoms. The highest BCUT2D eigenvalue weighted by atomic mass is 19.1. The molecular formula is C46H52FN9O13. The minimum Gasteiger partial charge on any atom is -0.458 e. The number of aromatic nitrogens is 2. The Morgan fingerprint density at radius 3 is 2.33 bits per heavy atom. The van der Waals surface area contributed by atoms with Crippen LogP contribution in [0.4, 0.5) is 4.39 Å². The second kappa shape index (κ2) is 20.9. The van der Waals surface area contributed by atoms with E-state index in [-0.39, 0.29) is 62.0 Å². The normalized spacial score (nSPS) is 17.9. The average molecular weight is 958 g/mol. The van der Waals surface area contributed by atoms with Crippen LogP contribution in [-0.2, 0) is 77.8 Å². The highest BCUT2D eigenvalue weighted by Gasteiger charge is 2.46. The fraction of sp³-hybridized carbons (Fsp3) is 0.457. The first-order valence-corrected chi connectivity index (χ1v) is 22.5. The van der Waals surface area contributed by atoms with Crippen LogP contribution in [0.25, 0.3) is 22.3 Å². The Hall–Kier alpha value is -7.40. The molecule has 1 aromatic carbocycles. The molecule has 0 radical (unpaired) electrons. The Balaban J connectivity index is 0.831. The first kappa shape index (κ1) is 49.5. The van der Waals surface area contributed by atoms with Crippen LogP contribution in [-0.4, -0.2) is 118 Å². The van der Waals surface area contributed by atoms with Crippen molar-refractivity contribution in [1.82, 2.24) is 46.4 Å². The van der Waals surface area contributed by atoms with E-state index in [1.807, 2.05) is 0 Å². The maximum atomic E-state index is 15.3. The Bertz CT molecular complexity index is 2760. The van der Waals surface area contributed by atoms with E-state index in [0.29, 0.717) is 71.1 Å². The number of fused-ring (bicyclic) bond motifs is 5. The summed E-state index contributed by atoms with van der Waals surface area (Å²) in [5.74, 6) is -5.76. The third kappa shape index (κ3) is 10.5. The predicted molar refractivity (Wildman–Crippen MR) is 238 cm³/mol. The average Bonchev–Trinajstić information content (AvgIpc) is 3.86. The minimum absolute atomic E-state index is 0.0467. The largest absolute Gasteiger partial charge is 0.458 e. The van der Waals surface area contributed by atoms with Crippen molar-refractivity contribution in [2.45, 2.75) is 96.6 Å². The molecule has 7 rings (SSSR count). The molecule has 0 saturated heterocycles. The second-order valence-electron chi connectivity index (χ2n) is 17.1. The molecule has 0 saturated carbocycles. The van der Waals surface area contributed by atoms with Crippen molar-refractivity contribution in [3.8, 4) is 11.4 Å². The summed E-state index contributed by atoms with van der Waals surface area (Å²) in [5.41, 5.74) is 1.18. The number of nitrogens with zero attached hydrogens (tertiary/aromatic N) is 3. The van der Waals surface area contributed by atoms with Crippen molar-refractivity contribution >= 4 is 64.1 Å². The molecule has 2 aromatic heterocycles. The maximum absolute atomic E-state index is 15.3. The summed E-state index contributed by atoms with van der Waals surface area (Å²) < 4.78 is 27.3. The van der Waals surface area contributed by atoms with E-state index >= 15 is 4.39 Å². The van der Waals surface area contributed by atoms with Crippen molar-refractivity contribution < 1.29 is 62.1 Å². The quantitative estimate of drug-likeness (QED) is 0.0244. The summed E-state index contributed by atoms with van der Waals surface area (Å²) in [6, 6.07) is 1.15. The van der Waals surface area contributed by atoms with Gasteiger partial charge in [0.05, 0.1) is 54.7 Å². The number of esters is 1. The standard InChI is InChI=1S/C46H52FN9O13/c1-4-46(67)28-14-32-42-26(19-56(32)44(65)27(28)20-69-45(46)66)41-30(10-9-25-23(2)29(47)15-31(54-42)40(25)41)53-37(61)21-68-22-51-35(59)17-50-43(64)24(3)52-36(60)18-49-34(58)16-48-33(57)8-6-5-7-13-55-38(62)11-12-39(55)63/h11-12,14-15,24,30,67H,4-10,13,16-22H2,1-3H3,(H,48,57)(H,49,58)(H,50,64)(H,51,59)(H,52,60)(H,53,61)/t24-,30-,46-/m0/s1. The number of carbonyl (C=O) groups is 9. The van der Waals surface area contributed by atoms with Gasteiger partial charge in [-0.2, -0.15) is 0 Å². The van der Waals surface area contributed by atoms with Crippen LogP contribution >= 0.6 is 0 Å². The number of pyridine rings is 2. The van der Waals surface area contributed by atoms with E-state index in [0.717, 1.165) is 10.5 Å². The van der Waals surface area contributed by atoms with Gasteiger partial charge in [0, 0.05) is 47.7 Å². The third-order valence-electron chi connectivity index (χ3n) is 12.6. The first-order chi connectivity index (χ1) is 32.9. The van der Waals surface area contributed by atoms with Gasteiger partial charge in [-0.1, -0.05) is 13.3 Å². The lowest BCUT2D eigenvalue weighted by Gasteiger charge is -2.31. The van der Waals surface area contributed by atoms with Crippen molar-refractivity contribution in [2.75, 3.05) is 39.5 Å². The molecule has 366 valence electrons. The number of hydrogen-bond donors (Lipinski definition) is 7. The fourth-order valence-corrected chi connectivity index (χ4v) is 8.84. The summed E-state index contributed by atoms with van der Waals surface area (Å²) in [5, 5.41) is 26.8. The molecule has 0 unspecified atom stereocenters.